The van der Waals surface area contributed by atoms with E-state index >= 15 is 0 Å². The molecule has 5 aromatic rings. The predicted octanol–water partition coefficient (Wildman–Crippen LogP) is 3.84. The third-order valence-electron chi connectivity index (χ3n) is 4.17. The quantitative estimate of drug-likeness (QED) is 0.478. The van der Waals surface area contributed by atoms with Crippen LogP contribution in [0.4, 0.5) is 6.01 Å². The number of hydrogen-bond donors (Lipinski definition) is 1. The number of hydrogen-bond acceptors (Lipinski definition) is 7. The van der Waals surface area contributed by atoms with Gasteiger partial charge in [0.05, 0.1) is 0 Å². The average molecular weight is 373 g/mol. The Labute approximate surface area is 156 Å². The fraction of sp³-hybridized carbons (Fsp3) is 0. The maximum absolute atomic E-state index is 12.4. The molecule has 0 fully saturated rings. The van der Waals surface area contributed by atoms with Gasteiger partial charge in [0, 0.05) is 10.8 Å². The van der Waals surface area contributed by atoms with E-state index < -0.39 is 11.5 Å². The van der Waals surface area contributed by atoms with Crippen LogP contribution in [0, 0.1) is 0 Å². The third-order valence-corrected chi connectivity index (χ3v) is 4.17. The number of nitrogens with one attached hydrogen (secondary N) is 1. The molecule has 1 amide bonds. The Balaban J connectivity index is 1.43. The number of fused-ring (bicyclic) bond motifs is 2. The van der Waals surface area contributed by atoms with Crippen molar-refractivity contribution in [1.82, 2.24) is 10.2 Å². The first kappa shape index (κ1) is 16.0. The number of carbonyl (C=O) groups excluding carboxylic acids is 1. The molecule has 0 spiro atoms. The fourth-order valence-corrected chi connectivity index (χ4v) is 2.85. The summed E-state index contributed by atoms with van der Waals surface area (Å²) in [6, 6.07) is 17.4. The predicted molar refractivity (Wildman–Crippen MR) is 99.9 cm³/mol. The molecular weight excluding hydrogens is 362 g/mol. The molecule has 3 heterocycles. The number of para-hydroxylation sites is 2. The number of anilines is 1. The molecular formula is C20H11N3O5. The van der Waals surface area contributed by atoms with Gasteiger partial charge >= 0.3 is 11.6 Å². The Hall–Kier alpha value is -4.20. The number of aromatic nitrogens is 2. The smallest absolute Gasteiger partial charge is 0.349 e. The Morgan fingerprint density at radius 3 is 2.25 bits per heavy atom. The fourth-order valence-electron chi connectivity index (χ4n) is 2.85. The van der Waals surface area contributed by atoms with E-state index in [4.69, 9.17) is 13.3 Å². The highest BCUT2D eigenvalue weighted by Gasteiger charge is 2.18. The normalized spacial score (nSPS) is 11.1. The number of furan rings is 1. The molecule has 0 aliphatic carbocycles. The van der Waals surface area contributed by atoms with Gasteiger partial charge in [0.25, 0.3) is 11.8 Å². The summed E-state index contributed by atoms with van der Waals surface area (Å²) in [6.45, 7) is 0. The number of benzene rings is 2. The molecule has 136 valence electrons. The van der Waals surface area contributed by atoms with Crippen LogP contribution in [0.1, 0.15) is 10.4 Å². The van der Waals surface area contributed by atoms with Gasteiger partial charge in [-0.1, -0.05) is 41.5 Å². The van der Waals surface area contributed by atoms with Gasteiger partial charge in [-0.05, 0) is 24.3 Å². The molecule has 8 nitrogen and oxygen atoms in total. The van der Waals surface area contributed by atoms with Crippen LogP contribution in [0.3, 0.4) is 0 Å². The van der Waals surface area contributed by atoms with Crippen LogP contribution >= 0.6 is 0 Å². The SMILES string of the molecule is O=C(Nc1nnc(-c2cc3ccccc3o2)o1)c1cc2ccccc2oc1=O. The van der Waals surface area contributed by atoms with E-state index in [2.05, 4.69) is 15.5 Å². The van der Waals surface area contributed by atoms with Gasteiger partial charge in [-0.2, -0.15) is 0 Å². The molecule has 5 rings (SSSR count). The van der Waals surface area contributed by atoms with Gasteiger partial charge in [0.15, 0.2) is 5.76 Å². The zero-order chi connectivity index (χ0) is 19.1. The second-order valence-corrected chi connectivity index (χ2v) is 6.00. The topological polar surface area (TPSA) is 111 Å². The van der Waals surface area contributed by atoms with Crippen LogP contribution in [0.15, 0.2) is 78.7 Å². The van der Waals surface area contributed by atoms with Crippen molar-refractivity contribution >= 4 is 33.9 Å². The first-order valence-corrected chi connectivity index (χ1v) is 8.34. The molecule has 0 saturated carbocycles. The van der Waals surface area contributed by atoms with Crippen molar-refractivity contribution < 1.29 is 18.0 Å². The van der Waals surface area contributed by atoms with Crippen LogP contribution in [0.5, 0.6) is 0 Å². The minimum atomic E-state index is -0.756. The molecule has 0 radical (unpaired) electrons. The molecule has 2 aromatic carbocycles. The summed E-state index contributed by atoms with van der Waals surface area (Å²) in [4.78, 5) is 24.5. The monoisotopic (exact) mass is 373 g/mol. The second-order valence-electron chi connectivity index (χ2n) is 6.00. The van der Waals surface area contributed by atoms with Crippen LogP contribution in [0.2, 0.25) is 0 Å². The van der Waals surface area contributed by atoms with Crippen molar-refractivity contribution in [3.8, 4) is 11.7 Å². The lowest BCUT2D eigenvalue weighted by Crippen LogP contribution is -2.20. The van der Waals surface area contributed by atoms with Crippen LogP contribution in [-0.2, 0) is 0 Å². The Kier molecular flexibility index (Phi) is 3.55. The standard InChI is InChI=1S/C20H11N3O5/c24-17(13-9-11-5-1-4-8-15(11)27-19(13)25)21-20-23-22-18(28-20)16-10-12-6-2-3-7-14(12)26-16/h1-10H,(H,21,23,24). The summed E-state index contributed by atoms with van der Waals surface area (Å²) in [5, 5.41) is 11.6. The lowest BCUT2D eigenvalue weighted by molar-refractivity contribution is 0.102. The van der Waals surface area contributed by atoms with Crippen LogP contribution in [0.25, 0.3) is 33.6 Å². The summed E-state index contributed by atoms with van der Waals surface area (Å²) < 4.78 is 16.3. The molecule has 0 unspecified atom stereocenters. The van der Waals surface area contributed by atoms with Crippen molar-refractivity contribution in [2.24, 2.45) is 0 Å². The Bertz CT molecular complexity index is 1360. The van der Waals surface area contributed by atoms with Crippen molar-refractivity contribution in [3.05, 3.63) is 76.6 Å². The molecule has 0 atom stereocenters. The maximum atomic E-state index is 12.4. The molecule has 0 bridgehead atoms. The summed E-state index contributed by atoms with van der Waals surface area (Å²) in [5.41, 5.74) is 0.152. The van der Waals surface area contributed by atoms with E-state index in [0.29, 0.717) is 22.3 Å². The van der Waals surface area contributed by atoms with E-state index in [1.807, 2.05) is 24.3 Å². The highest BCUT2D eigenvalue weighted by Crippen LogP contribution is 2.27. The zero-order valence-electron chi connectivity index (χ0n) is 14.2. The summed E-state index contributed by atoms with van der Waals surface area (Å²) in [7, 11) is 0. The minimum Gasteiger partial charge on any atom is -0.451 e. The number of carbonyl (C=O) groups is 1. The van der Waals surface area contributed by atoms with Gasteiger partial charge in [-0.3, -0.25) is 10.1 Å². The van der Waals surface area contributed by atoms with Crippen molar-refractivity contribution in [1.29, 1.82) is 0 Å². The summed E-state index contributed by atoms with van der Waals surface area (Å²) >= 11 is 0. The zero-order valence-corrected chi connectivity index (χ0v) is 14.2. The highest BCUT2D eigenvalue weighted by atomic mass is 16.4. The lowest BCUT2D eigenvalue weighted by Gasteiger charge is -2.01. The van der Waals surface area contributed by atoms with E-state index in [-0.39, 0.29) is 17.5 Å². The Morgan fingerprint density at radius 2 is 1.50 bits per heavy atom. The molecule has 28 heavy (non-hydrogen) atoms. The molecule has 8 heteroatoms. The van der Waals surface area contributed by atoms with Crippen molar-refractivity contribution in [3.63, 3.8) is 0 Å². The molecule has 0 aliphatic heterocycles. The Morgan fingerprint density at radius 1 is 0.821 bits per heavy atom. The van der Waals surface area contributed by atoms with Crippen molar-refractivity contribution in [2.75, 3.05) is 5.32 Å². The largest absolute Gasteiger partial charge is 0.451 e. The van der Waals surface area contributed by atoms with Gasteiger partial charge < -0.3 is 13.3 Å². The summed E-state index contributed by atoms with van der Waals surface area (Å²) in [5.74, 6) is -0.226. The first-order valence-electron chi connectivity index (χ1n) is 8.34. The van der Waals surface area contributed by atoms with E-state index in [1.54, 1.807) is 30.3 Å². The number of rotatable bonds is 3. The van der Waals surface area contributed by atoms with Crippen LogP contribution in [-0.4, -0.2) is 16.1 Å². The van der Waals surface area contributed by atoms with E-state index in [0.717, 1.165) is 5.39 Å². The minimum absolute atomic E-state index is 0.108. The van der Waals surface area contributed by atoms with Gasteiger partial charge in [0.2, 0.25) is 0 Å². The molecule has 1 N–H and O–H groups in total. The maximum Gasteiger partial charge on any atom is 0.349 e. The lowest BCUT2D eigenvalue weighted by atomic mass is 10.2. The van der Waals surface area contributed by atoms with Crippen molar-refractivity contribution in [2.45, 2.75) is 0 Å². The average Bonchev–Trinajstić information content (AvgIpc) is 3.34. The molecule has 0 saturated heterocycles. The number of amides is 1. The van der Waals surface area contributed by atoms with E-state index in [1.165, 1.54) is 6.07 Å². The first-order chi connectivity index (χ1) is 13.7. The number of nitrogens with zero attached hydrogens (tertiary/aromatic N) is 2. The van der Waals surface area contributed by atoms with Gasteiger partial charge in [-0.15, -0.1) is 5.10 Å². The molecule has 3 aromatic heterocycles. The van der Waals surface area contributed by atoms with E-state index in [9.17, 15) is 9.59 Å². The molecule has 0 aliphatic rings. The van der Waals surface area contributed by atoms with Gasteiger partial charge in [0.1, 0.15) is 16.7 Å². The van der Waals surface area contributed by atoms with Gasteiger partial charge in [-0.25, -0.2) is 4.79 Å². The highest BCUT2D eigenvalue weighted by molar-refractivity contribution is 6.04. The summed E-state index contributed by atoms with van der Waals surface area (Å²) in [6.07, 6.45) is 0. The second kappa shape index (κ2) is 6.20. The third kappa shape index (κ3) is 2.73. The van der Waals surface area contributed by atoms with Crippen LogP contribution < -0.4 is 10.9 Å².